The summed E-state index contributed by atoms with van der Waals surface area (Å²) >= 11 is 0. The molecule has 3 aromatic carbocycles. The van der Waals surface area contributed by atoms with Crippen LogP contribution in [0.4, 0.5) is 5.69 Å². The summed E-state index contributed by atoms with van der Waals surface area (Å²) in [6.45, 7) is 1.66. The molecule has 2 amide bonds. The van der Waals surface area contributed by atoms with Gasteiger partial charge in [0.25, 0.3) is 17.5 Å². The van der Waals surface area contributed by atoms with Crippen LogP contribution in [0.1, 0.15) is 45.2 Å². The predicted octanol–water partition coefficient (Wildman–Crippen LogP) is 4.13. The van der Waals surface area contributed by atoms with Gasteiger partial charge in [-0.15, -0.1) is 0 Å². The van der Waals surface area contributed by atoms with Gasteiger partial charge < -0.3 is 0 Å². The molecule has 162 valence electrons. The van der Waals surface area contributed by atoms with Gasteiger partial charge in [0.05, 0.1) is 23.0 Å². The number of hydrazone groups is 1. The van der Waals surface area contributed by atoms with Gasteiger partial charge in [-0.3, -0.25) is 19.7 Å². The molecule has 0 saturated carbocycles. The number of carbonyl (C=O) groups is 2. The normalized spacial score (nSPS) is 24.7. The van der Waals surface area contributed by atoms with E-state index in [4.69, 9.17) is 0 Å². The van der Waals surface area contributed by atoms with Gasteiger partial charge in [-0.05, 0) is 29.2 Å². The second-order valence-electron chi connectivity index (χ2n) is 8.80. The second kappa shape index (κ2) is 6.93. The first-order valence-corrected chi connectivity index (χ1v) is 10.8. The molecule has 1 heterocycles. The van der Waals surface area contributed by atoms with Crippen LogP contribution in [0.2, 0.25) is 0 Å². The van der Waals surface area contributed by atoms with Crippen molar-refractivity contribution >= 4 is 23.7 Å². The summed E-state index contributed by atoms with van der Waals surface area (Å²) in [7, 11) is 0. The summed E-state index contributed by atoms with van der Waals surface area (Å²) in [6.07, 6.45) is 1.35. The van der Waals surface area contributed by atoms with Crippen molar-refractivity contribution in [2.45, 2.75) is 18.8 Å². The number of carbonyl (C=O) groups excluding carboxylic acids is 2. The van der Waals surface area contributed by atoms with Crippen LogP contribution in [0.5, 0.6) is 0 Å². The third-order valence-corrected chi connectivity index (χ3v) is 7.18. The van der Waals surface area contributed by atoms with E-state index >= 15 is 0 Å². The minimum atomic E-state index is -0.503. The number of rotatable bonds is 3. The average molecular weight is 437 g/mol. The van der Waals surface area contributed by atoms with Crippen molar-refractivity contribution in [3.05, 3.63) is 110 Å². The SMILES string of the molecule is Cc1ccc(/C=N\N2C(=O)[C@@H]3C4c5ccccc5C(c5ccccc54)[C@@H]3C2=O)cc1[N+](=O)[O-]. The van der Waals surface area contributed by atoms with Crippen molar-refractivity contribution < 1.29 is 14.5 Å². The lowest BCUT2D eigenvalue weighted by molar-refractivity contribution is -0.385. The van der Waals surface area contributed by atoms with Gasteiger partial charge >= 0.3 is 0 Å². The number of hydrogen-bond acceptors (Lipinski definition) is 5. The van der Waals surface area contributed by atoms with E-state index in [0.29, 0.717) is 11.1 Å². The molecule has 1 saturated heterocycles. The maximum absolute atomic E-state index is 13.5. The Morgan fingerprint density at radius 3 is 1.79 bits per heavy atom. The number of aryl methyl sites for hydroxylation is 1. The Morgan fingerprint density at radius 1 is 0.848 bits per heavy atom. The highest BCUT2D eigenvalue weighted by Gasteiger charge is 2.61. The Labute approximate surface area is 189 Å². The summed E-state index contributed by atoms with van der Waals surface area (Å²) in [5.41, 5.74) is 5.36. The fraction of sp³-hybridized carbons (Fsp3) is 0.192. The Balaban J connectivity index is 1.41. The first kappa shape index (κ1) is 19.5. The molecule has 0 aromatic heterocycles. The fourth-order valence-electron chi connectivity index (χ4n) is 5.80. The molecule has 4 aliphatic rings. The molecular formula is C26H19N3O4. The molecule has 33 heavy (non-hydrogen) atoms. The maximum atomic E-state index is 13.5. The standard InChI is InChI=1S/C26H19N3O4/c1-14-10-11-15(12-20(14)29(32)33)13-27-28-25(30)23-21-16-6-2-3-7-17(16)22(24(23)26(28)31)19-9-5-4-8-18(19)21/h2-13,21-24H,1H3/b27-13-/t21?,22?,23-,24+. The zero-order valence-electron chi connectivity index (χ0n) is 17.7. The first-order chi connectivity index (χ1) is 16.0. The smallest absolute Gasteiger partial charge is 0.272 e. The Hall–Kier alpha value is -4.13. The molecular weight excluding hydrogens is 418 g/mol. The molecule has 7 rings (SSSR count). The summed E-state index contributed by atoms with van der Waals surface area (Å²) in [5, 5.41) is 16.4. The quantitative estimate of drug-likeness (QED) is 0.267. The van der Waals surface area contributed by atoms with Crippen LogP contribution in [0.25, 0.3) is 0 Å². The fourth-order valence-corrected chi connectivity index (χ4v) is 5.80. The molecule has 0 unspecified atom stereocenters. The van der Waals surface area contributed by atoms with E-state index in [9.17, 15) is 19.7 Å². The van der Waals surface area contributed by atoms with Crippen molar-refractivity contribution in [1.29, 1.82) is 0 Å². The molecule has 0 N–H and O–H groups in total. The molecule has 7 heteroatoms. The second-order valence-corrected chi connectivity index (χ2v) is 8.80. The lowest BCUT2D eigenvalue weighted by Crippen LogP contribution is -2.41. The van der Waals surface area contributed by atoms with Crippen molar-refractivity contribution in [3.8, 4) is 0 Å². The lowest BCUT2D eigenvalue weighted by atomic mass is 9.55. The molecule has 3 aromatic rings. The van der Waals surface area contributed by atoms with Crippen LogP contribution in [-0.2, 0) is 9.59 Å². The van der Waals surface area contributed by atoms with E-state index < -0.39 is 16.8 Å². The van der Waals surface area contributed by atoms with Gasteiger partial charge in [-0.25, -0.2) is 0 Å². The van der Waals surface area contributed by atoms with E-state index in [0.717, 1.165) is 27.3 Å². The summed E-state index contributed by atoms with van der Waals surface area (Å²) in [6, 6.07) is 20.8. The van der Waals surface area contributed by atoms with Crippen LogP contribution in [0.15, 0.2) is 71.8 Å². The largest absolute Gasteiger partial charge is 0.272 e. The van der Waals surface area contributed by atoms with E-state index in [1.807, 2.05) is 48.5 Å². The number of nitrogens with zero attached hydrogens (tertiary/aromatic N) is 3. The molecule has 1 fully saturated rings. The van der Waals surface area contributed by atoms with E-state index in [-0.39, 0.29) is 29.3 Å². The number of nitro benzene ring substituents is 1. The van der Waals surface area contributed by atoms with Gasteiger partial charge in [-0.2, -0.15) is 10.1 Å². The van der Waals surface area contributed by atoms with E-state index in [1.54, 1.807) is 19.1 Å². The van der Waals surface area contributed by atoms with Crippen molar-refractivity contribution in [3.63, 3.8) is 0 Å². The van der Waals surface area contributed by atoms with Crippen molar-refractivity contribution in [2.75, 3.05) is 0 Å². The maximum Gasteiger partial charge on any atom is 0.272 e. The van der Waals surface area contributed by atoms with Crippen molar-refractivity contribution in [2.24, 2.45) is 16.9 Å². The number of amides is 2. The highest BCUT2D eigenvalue weighted by Crippen LogP contribution is 2.60. The zero-order chi connectivity index (χ0) is 22.9. The topological polar surface area (TPSA) is 92.9 Å². The predicted molar refractivity (Wildman–Crippen MR) is 121 cm³/mol. The summed E-state index contributed by atoms with van der Waals surface area (Å²) in [5.74, 6) is -2.02. The molecule has 0 radical (unpaired) electrons. The van der Waals surface area contributed by atoms with Crippen molar-refractivity contribution in [1.82, 2.24) is 5.01 Å². The zero-order valence-corrected chi connectivity index (χ0v) is 17.7. The van der Waals surface area contributed by atoms with Crippen LogP contribution < -0.4 is 0 Å². The first-order valence-electron chi connectivity index (χ1n) is 10.8. The number of imide groups is 1. The number of hydrogen-bond donors (Lipinski definition) is 0. The van der Waals surface area contributed by atoms with E-state index in [2.05, 4.69) is 5.10 Å². The average Bonchev–Trinajstić information content (AvgIpc) is 3.08. The lowest BCUT2D eigenvalue weighted by Gasteiger charge is -2.45. The highest BCUT2D eigenvalue weighted by atomic mass is 16.6. The Bertz CT molecular complexity index is 1280. The van der Waals surface area contributed by atoms with Gasteiger partial charge in [-0.1, -0.05) is 60.7 Å². The molecule has 3 aliphatic carbocycles. The third kappa shape index (κ3) is 2.65. The highest BCUT2D eigenvalue weighted by molar-refractivity contribution is 6.08. The summed E-state index contributed by atoms with van der Waals surface area (Å²) in [4.78, 5) is 37.8. The third-order valence-electron chi connectivity index (χ3n) is 7.18. The van der Waals surface area contributed by atoms with E-state index in [1.165, 1.54) is 12.3 Å². The van der Waals surface area contributed by atoms with Gasteiger partial charge in [0.1, 0.15) is 0 Å². The van der Waals surface area contributed by atoms with Gasteiger partial charge in [0, 0.05) is 29.0 Å². The molecule has 2 bridgehead atoms. The monoisotopic (exact) mass is 437 g/mol. The number of benzene rings is 3. The van der Waals surface area contributed by atoms with Gasteiger partial charge in [0.2, 0.25) is 0 Å². The van der Waals surface area contributed by atoms with Crippen LogP contribution in [0, 0.1) is 28.9 Å². The molecule has 2 atom stereocenters. The minimum Gasteiger partial charge on any atom is -0.272 e. The summed E-state index contributed by atoms with van der Waals surface area (Å²) < 4.78 is 0. The Kier molecular flexibility index (Phi) is 4.11. The van der Waals surface area contributed by atoms with Crippen LogP contribution >= 0.6 is 0 Å². The molecule has 7 nitrogen and oxygen atoms in total. The van der Waals surface area contributed by atoms with Crippen LogP contribution in [-0.4, -0.2) is 28.0 Å². The molecule has 1 aliphatic heterocycles. The van der Waals surface area contributed by atoms with Gasteiger partial charge in [0.15, 0.2) is 0 Å². The molecule has 0 spiro atoms. The minimum absolute atomic E-state index is 0.0318. The number of nitro groups is 1. The Morgan fingerprint density at radius 2 is 1.33 bits per heavy atom. The van der Waals surface area contributed by atoms with Crippen LogP contribution in [0.3, 0.4) is 0 Å².